The number of nitrogens with zero attached hydrogens (tertiary/aromatic N) is 1. The van der Waals surface area contributed by atoms with Crippen molar-refractivity contribution in [2.45, 2.75) is 212 Å². The predicted molar refractivity (Wildman–Crippen MR) is 322 cm³/mol. The molecule has 9 nitrogen and oxygen atoms in total. The Morgan fingerprint density at radius 2 is 0.750 bits per heavy atom. The molecule has 0 bridgehead atoms. The zero-order valence-electron chi connectivity index (χ0n) is 48.6. The quantitative estimate of drug-likeness (QED) is 0.0211. The van der Waals surface area contributed by atoms with Crippen LogP contribution in [0.2, 0.25) is 0 Å². The van der Waals surface area contributed by atoms with E-state index in [1.165, 1.54) is 57.8 Å². The lowest BCUT2D eigenvalue weighted by Gasteiger charge is -2.25. The van der Waals surface area contributed by atoms with Gasteiger partial charge in [-0.1, -0.05) is 230 Å². The monoisotopic (exact) mass is 1050 g/mol. The number of likely N-dealkylation sites (N-methyl/N-ethyl adjacent to an activating group) is 1. The molecule has 0 fully saturated rings. The number of carbonyl (C=O) groups is 3. The zero-order chi connectivity index (χ0) is 55.5. The molecular formula is C67H108NO8+. The van der Waals surface area contributed by atoms with Crippen LogP contribution in [0.15, 0.2) is 146 Å². The van der Waals surface area contributed by atoms with E-state index in [2.05, 4.69) is 160 Å². The van der Waals surface area contributed by atoms with Gasteiger partial charge < -0.3 is 28.5 Å². The Hall–Kier alpha value is -4.83. The highest BCUT2D eigenvalue weighted by Crippen LogP contribution is 2.14. The van der Waals surface area contributed by atoms with Crippen molar-refractivity contribution in [2.24, 2.45) is 0 Å². The number of carbonyl (C=O) groups excluding carboxylic acids is 2. The second-order valence-electron chi connectivity index (χ2n) is 20.2. The molecule has 0 saturated carbocycles. The molecule has 1 N–H and O–H groups in total. The van der Waals surface area contributed by atoms with Crippen molar-refractivity contribution in [3.8, 4) is 0 Å². The first kappa shape index (κ1) is 71.2. The number of allylic oxidation sites excluding steroid dienone is 24. The minimum atomic E-state index is -1.53. The van der Waals surface area contributed by atoms with Gasteiger partial charge in [-0.3, -0.25) is 9.59 Å². The highest BCUT2D eigenvalue weighted by molar-refractivity contribution is 5.71. The third-order valence-electron chi connectivity index (χ3n) is 11.9. The summed E-state index contributed by atoms with van der Waals surface area (Å²) in [5, 5.41) is 9.68. The van der Waals surface area contributed by atoms with Gasteiger partial charge in [0.1, 0.15) is 13.2 Å². The molecule has 0 aliphatic carbocycles. The molecule has 0 aliphatic heterocycles. The minimum Gasteiger partial charge on any atom is -0.477 e. The average Bonchev–Trinajstić information content (AvgIpc) is 3.39. The summed E-state index contributed by atoms with van der Waals surface area (Å²) in [7, 11) is 5.94. The molecule has 0 radical (unpaired) electrons. The number of quaternary nitrogens is 1. The minimum absolute atomic E-state index is 0.172. The van der Waals surface area contributed by atoms with Gasteiger partial charge in [0.2, 0.25) is 0 Å². The SMILES string of the molecule is CC/C=C\C/C=C\C/C=C\C/C=C\C/C=C\C/C=C\C/C=C\C/C=C\C/C=C\C/C=C\C/C=C\C/C=C\CCCCC(=O)OC(COC(=O)CCCCCCCCCCCCCC)COC(OCC[N+](C)(C)C)C(=O)O. The summed E-state index contributed by atoms with van der Waals surface area (Å²) in [6.45, 7) is 4.68. The van der Waals surface area contributed by atoms with E-state index >= 15 is 0 Å². The first-order valence-corrected chi connectivity index (χ1v) is 29.5. The van der Waals surface area contributed by atoms with Gasteiger partial charge in [0.25, 0.3) is 6.29 Å². The number of aliphatic carboxylic acids is 1. The van der Waals surface area contributed by atoms with Crippen LogP contribution >= 0.6 is 0 Å². The van der Waals surface area contributed by atoms with Crippen LogP contribution in [-0.4, -0.2) is 87.4 Å². The summed E-state index contributed by atoms with van der Waals surface area (Å²) in [6.07, 6.45) is 79.4. The van der Waals surface area contributed by atoms with Crippen molar-refractivity contribution >= 4 is 17.9 Å². The molecule has 0 aromatic carbocycles. The molecule has 0 amide bonds. The maximum Gasteiger partial charge on any atom is 0.361 e. The van der Waals surface area contributed by atoms with E-state index < -0.39 is 24.3 Å². The van der Waals surface area contributed by atoms with Crippen LogP contribution in [0.4, 0.5) is 0 Å². The number of unbranched alkanes of at least 4 members (excludes halogenated alkanes) is 13. The van der Waals surface area contributed by atoms with Crippen LogP contribution in [0.5, 0.6) is 0 Å². The Morgan fingerprint density at radius 1 is 0.408 bits per heavy atom. The van der Waals surface area contributed by atoms with E-state index in [1.54, 1.807) is 0 Å². The molecule has 0 spiro atoms. The van der Waals surface area contributed by atoms with E-state index in [0.29, 0.717) is 17.4 Å². The van der Waals surface area contributed by atoms with E-state index in [4.69, 9.17) is 18.9 Å². The second kappa shape index (κ2) is 56.4. The fraction of sp³-hybridized carbons (Fsp3) is 0.597. The van der Waals surface area contributed by atoms with Gasteiger partial charge in [-0.15, -0.1) is 0 Å². The molecule has 76 heavy (non-hydrogen) atoms. The largest absolute Gasteiger partial charge is 0.477 e. The van der Waals surface area contributed by atoms with Crippen LogP contribution < -0.4 is 0 Å². The number of rotatable bonds is 52. The normalized spacial score (nSPS) is 13.9. The number of hydrogen-bond donors (Lipinski definition) is 1. The Labute approximate surface area is 464 Å². The number of ether oxygens (including phenoxy) is 4. The number of carboxylic acids is 1. The molecule has 428 valence electrons. The molecule has 0 rings (SSSR count). The first-order chi connectivity index (χ1) is 37.1. The standard InChI is InChI=1S/C67H107NO8/c1-6-8-10-12-14-16-18-20-21-22-23-24-25-26-27-28-29-30-31-32-33-34-35-36-37-38-39-40-41-42-43-44-45-46-48-50-52-54-56-58-65(70)76-63(62-75-67(66(71)72)73-60-59-68(3,4)5)61-74-64(69)57-55-53-51-49-47-19-17-15-13-11-9-7-2/h8,10,14,16,20-21,23-24,26-27,29-30,32-33,35-36,38-39,41-42,44-45,48,50,63,67H,6-7,9,11-13,15,17-19,22,25,28,31,34,37,40,43,46-47,49,51-62H2,1-5H3/p+1/b10-8-,16-14-,21-20-,24-23-,27-26-,30-29-,33-32-,36-35-,39-38-,42-41-,45-44-,50-48-. The zero-order valence-corrected chi connectivity index (χ0v) is 48.6. The highest BCUT2D eigenvalue weighted by atomic mass is 16.7. The summed E-state index contributed by atoms with van der Waals surface area (Å²) in [6, 6.07) is 0. The lowest BCUT2D eigenvalue weighted by molar-refractivity contribution is -0.870. The van der Waals surface area contributed by atoms with E-state index in [1.807, 2.05) is 21.1 Å². The van der Waals surface area contributed by atoms with E-state index in [9.17, 15) is 19.5 Å². The molecule has 0 heterocycles. The third kappa shape index (κ3) is 56.9. The second-order valence-corrected chi connectivity index (χ2v) is 20.2. The Balaban J connectivity index is 4.28. The number of esters is 2. The van der Waals surface area contributed by atoms with Gasteiger partial charge in [0.15, 0.2) is 6.10 Å². The van der Waals surface area contributed by atoms with Gasteiger partial charge in [0, 0.05) is 12.8 Å². The molecule has 9 heteroatoms. The van der Waals surface area contributed by atoms with Crippen molar-refractivity contribution < 1.29 is 42.9 Å². The summed E-state index contributed by atoms with van der Waals surface area (Å²) in [5.74, 6) is -2.08. The van der Waals surface area contributed by atoms with Crippen molar-refractivity contribution in [1.29, 1.82) is 0 Å². The Kier molecular flexibility index (Phi) is 52.8. The van der Waals surface area contributed by atoms with Gasteiger partial charge in [-0.25, -0.2) is 4.79 Å². The average molecular weight is 1060 g/mol. The first-order valence-electron chi connectivity index (χ1n) is 29.5. The summed E-state index contributed by atoms with van der Waals surface area (Å²) in [4.78, 5) is 37.3. The predicted octanol–water partition coefficient (Wildman–Crippen LogP) is 17.6. The van der Waals surface area contributed by atoms with Gasteiger partial charge >= 0.3 is 17.9 Å². The van der Waals surface area contributed by atoms with Crippen LogP contribution in [0.3, 0.4) is 0 Å². The van der Waals surface area contributed by atoms with Crippen LogP contribution in [0.1, 0.15) is 200 Å². The Bertz CT molecular complexity index is 1750. The van der Waals surface area contributed by atoms with Crippen LogP contribution in [0.25, 0.3) is 0 Å². The van der Waals surface area contributed by atoms with Crippen LogP contribution in [-0.2, 0) is 33.3 Å². The van der Waals surface area contributed by atoms with Crippen molar-refractivity contribution in [1.82, 2.24) is 0 Å². The van der Waals surface area contributed by atoms with Gasteiger partial charge in [-0.05, 0) is 103 Å². The smallest absolute Gasteiger partial charge is 0.361 e. The topological polar surface area (TPSA) is 108 Å². The summed E-state index contributed by atoms with van der Waals surface area (Å²) >= 11 is 0. The fourth-order valence-corrected chi connectivity index (χ4v) is 7.35. The lowest BCUT2D eigenvalue weighted by Crippen LogP contribution is -2.40. The molecule has 2 unspecified atom stereocenters. The maximum atomic E-state index is 12.8. The van der Waals surface area contributed by atoms with Crippen molar-refractivity contribution in [3.05, 3.63) is 146 Å². The maximum absolute atomic E-state index is 12.8. The van der Waals surface area contributed by atoms with Gasteiger partial charge in [0.05, 0.1) is 34.4 Å². The van der Waals surface area contributed by atoms with E-state index in [0.717, 1.165) is 109 Å². The van der Waals surface area contributed by atoms with E-state index in [-0.39, 0.29) is 38.6 Å². The van der Waals surface area contributed by atoms with Crippen molar-refractivity contribution in [2.75, 3.05) is 47.5 Å². The van der Waals surface area contributed by atoms with Crippen molar-refractivity contribution in [3.63, 3.8) is 0 Å². The highest BCUT2D eigenvalue weighted by Gasteiger charge is 2.25. The molecular weight excluding hydrogens is 947 g/mol. The molecule has 0 saturated heterocycles. The summed E-state index contributed by atoms with van der Waals surface area (Å²) in [5.41, 5.74) is 0. The van der Waals surface area contributed by atoms with Crippen LogP contribution in [0, 0.1) is 0 Å². The fourth-order valence-electron chi connectivity index (χ4n) is 7.35. The number of carboxylic acid groups (broad SMARTS) is 1. The molecule has 0 aliphatic rings. The van der Waals surface area contributed by atoms with Gasteiger partial charge in [-0.2, -0.15) is 0 Å². The third-order valence-corrected chi connectivity index (χ3v) is 11.9. The number of hydrogen-bond acceptors (Lipinski definition) is 7. The lowest BCUT2D eigenvalue weighted by atomic mass is 10.0. The molecule has 0 aromatic rings. The molecule has 2 atom stereocenters. The molecule has 0 aromatic heterocycles. The Morgan fingerprint density at radius 3 is 1.12 bits per heavy atom. The summed E-state index contributed by atoms with van der Waals surface area (Å²) < 4.78 is 22.7.